The number of carbonyl (C=O) groups excluding carboxylic acids is 1. The fourth-order valence-corrected chi connectivity index (χ4v) is 4.05. The number of sulfonamides is 1. The van der Waals surface area contributed by atoms with E-state index in [1.54, 1.807) is 0 Å². The third kappa shape index (κ3) is 2.77. The van der Waals surface area contributed by atoms with Gasteiger partial charge >= 0.3 is 0 Å². The Morgan fingerprint density at radius 2 is 2.00 bits per heavy atom. The molecule has 6 nitrogen and oxygen atoms in total. The van der Waals surface area contributed by atoms with Crippen LogP contribution in [-0.4, -0.2) is 42.5 Å². The average molecular weight is 339 g/mol. The molecule has 0 saturated carbocycles. The summed E-state index contributed by atoms with van der Waals surface area (Å²) in [5, 5.41) is 20.7. The topological polar surface area (TPSA) is 97.7 Å². The molecule has 0 spiro atoms. The van der Waals surface area contributed by atoms with Gasteiger partial charge in [-0.2, -0.15) is 4.31 Å². The molecule has 0 radical (unpaired) electrons. The van der Waals surface area contributed by atoms with Crippen molar-refractivity contribution >= 4 is 39.2 Å². The molecular formula is C11H10Cl2NO5S-. The number of rotatable bonds is 3. The van der Waals surface area contributed by atoms with Gasteiger partial charge in [0.1, 0.15) is 0 Å². The Morgan fingerprint density at radius 1 is 1.35 bits per heavy atom. The van der Waals surface area contributed by atoms with Crippen molar-refractivity contribution < 1.29 is 23.4 Å². The Balaban J connectivity index is 2.43. The number of hydrogen-bond donors (Lipinski definition) is 1. The number of halogens is 2. The second-order valence-corrected chi connectivity index (χ2v) is 7.08. The van der Waals surface area contributed by atoms with Gasteiger partial charge in [0.2, 0.25) is 10.0 Å². The Morgan fingerprint density at radius 3 is 2.55 bits per heavy atom. The largest absolute Gasteiger partial charge is 0.548 e. The average Bonchev–Trinajstić information content (AvgIpc) is 2.75. The molecule has 20 heavy (non-hydrogen) atoms. The van der Waals surface area contributed by atoms with Crippen LogP contribution in [0.15, 0.2) is 23.1 Å². The molecule has 1 aliphatic heterocycles. The van der Waals surface area contributed by atoms with Crippen molar-refractivity contribution in [3.8, 4) is 0 Å². The van der Waals surface area contributed by atoms with Crippen LogP contribution < -0.4 is 5.11 Å². The molecule has 1 N–H and O–H groups in total. The Kier molecular flexibility index (Phi) is 4.27. The lowest BCUT2D eigenvalue weighted by molar-refractivity contribution is -0.309. The van der Waals surface area contributed by atoms with E-state index in [1.165, 1.54) is 12.1 Å². The van der Waals surface area contributed by atoms with Gasteiger partial charge in [0.15, 0.2) is 0 Å². The molecule has 0 unspecified atom stereocenters. The molecule has 1 saturated heterocycles. The predicted octanol–water partition coefficient (Wildman–Crippen LogP) is -0.133. The van der Waals surface area contributed by atoms with Crippen LogP contribution in [0.25, 0.3) is 0 Å². The number of benzene rings is 1. The number of aliphatic hydroxyl groups excluding tert-OH is 1. The lowest BCUT2D eigenvalue weighted by Gasteiger charge is -2.24. The van der Waals surface area contributed by atoms with Crippen LogP contribution in [0.1, 0.15) is 6.42 Å². The maximum Gasteiger partial charge on any atom is 0.243 e. The van der Waals surface area contributed by atoms with Gasteiger partial charge in [-0.1, -0.05) is 23.2 Å². The first kappa shape index (κ1) is 15.5. The summed E-state index contributed by atoms with van der Waals surface area (Å²) in [6.07, 6.45) is -1.25. The van der Waals surface area contributed by atoms with Crippen molar-refractivity contribution in [1.29, 1.82) is 0 Å². The van der Waals surface area contributed by atoms with Crippen LogP contribution >= 0.6 is 23.2 Å². The molecule has 0 aromatic heterocycles. The van der Waals surface area contributed by atoms with Crippen molar-refractivity contribution in [2.45, 2.75) is 23.5 Å². The van der Waals surface area contributed by atoms with Crippen LogP contribution in [0.3, 0.4) is 0 Å². The van der Waals surface area contributed by atoms with Crippen LogP contribution in [0.5, 0.6) is 0 Å². The predicted molar refractivity (Wildman–Crippen MR) is 69.8 cm³/mol. The number of aliphatic hydroxyl groups is 1. The Hall–Kier alpha value is -0.860. The summed E-state index contributed by atoms with van der Waals surface area (Å²) >= 11 is 11.5. The summed E-state index contributed by atoms with van der Waals surface area (Å²) in [5.41, 5.74) is 0. The quantitative estimate of drug-likeness (QED) is 0.827. The fourth-order valence-electron chi connectivity index (χ4n) is 2.04. The van der Waals surface area contributed by atoms with E-state index in [2.05, 4.69) is 0 Å². The zero-order chi connectivity index (χ0) is 15.1. The van der Waals surface area contributed by atoms with Crippen molar-refractivity contribution in [1.82, 2.24) is 4.31 Å². The standard InChI is InChI=1S/C11H11Cl2NO5S/c12-8-2-1-7(4-9(8)13)20(18,19)14-5-6(15)3-10(14)11(16)17/h1-2,4,6,10,15H,3,5H2,(H,16,17)/p-1/t6-,10-/m0/s1. The van der Waals surface area contributed by atoms with Gasteiger partial charge in [0.25, 0.3) is 0 Å². The first-order valence-corrected chi connectivity index (χ1v) is 7.79. The highest BCUT2D eigenvalue weighted by Crippen LogP contribution is 2.30. The highest BCUT2D eigenvalue weighted by atomic mass is 35.5. The summed E-state index contributed by atoms with van der Waals surface area (Å²) in [6.45, 7) is -0.304. The van der Waals surface area contributed by atoms with Crippen LogP contribution in [0.4, 0.5) is 0 Å². The molecule has 1 aliphatic rings. The number of carboxylic acids is 1. The normalized spacial score (nSPS) is 23.9. The highest BCUT2D eigenvalue weighted by molar-refractivity contribution is 7.89. The maximum absolute atomic E-state index is 12.4. The smallest absolute Gasteiger partial charge is 0.243 e. The first-order valence-electron chi connectivity index (χ1n) is 5.59. The lowest BCUT2D eigenvalue weighted by Crippen LogP contribution is -2.46. The molecule has 0 amide bonds. The molecule has 9 heteroatoms. The number of aliphatic carboxylic acids is 1. The van der Waals surface area contributed by atoms with Gasteiger partial charge in [-0.05, 0) is 24.6 Å². The van der Waals surface area contributed by atoms with E-state index in [-0.39, 0.29) is 27.9 Å². The van der Waals surface area contributed by atoms with E-state index in [0.29, 0.717) is 4.31 Å². The summed E-state index contributed by atoms with van der Waals surface area (Å²) in [6, 6.07) is 2.26. The third-order valence-corrected chi connectivity index (χ3v) is 5.61. The minimum atomic E-state index is -4.10. The molecule has 110 valence electrons. The fraction of sp³-hybridized carbons (Fsp3) is 0.364. The van der Waals surface area contributed by atoms with Gasteiger partial charge in [0.05, 0.1) is 33.1 Å². The number of β-amino-alcohol motifs (C(OH)–C–C–N with tert-alkyl or cyclic N) is 1. The van der Waals surface area contributed by atoms with Crippen LogP contribution in [0.2, 0.25) is 10.0 Å². The highest BCUT2D eigenvalue weighted by Gasteiger charge is 2.40. The number of nitrogens with zero attached hydrogens (tertiary/aromatic N) is 1. The van der Waals surface area contributed by atoms with E-state index in [9.17, 15) is 23.4 Å². The van der Waals surface area contributed by atoms with E-state index in [1.807, 2.05) is 0 Å². The number of carboxylic acid groups (broad SMARTS) is 1. The molecule has 1 heterocycles. The van der Waals surface area contributed by atoms with Crippen molar-refractivity contribution in [3.05, 3.63) is 28.2 Å². The zero-order valence-corrected chi connectivity index (χ0v) is 12.3. The van der Waals surface area contributed by atoms with Gasteiger partial charge in [-0.3, -0.25) is 0 Å². The summed E-state index contributed by atoms with van der Waals surface area (Å²) < 4.78 is 25.5. The molecule has 0 bridgehead atoms. The van der Waals surface area contributed by atoms with Crippen LogP contribution in [0, 0.1) is 0 Å². The molecule has 1 fully saturated rings. The summed E-state index contributed by atoms with van der Waals surface area (Å²) in [7, 11) is -4.10. The number of hydrogen-bond acceptors (Lipinski definition) is 5. The van der Waals surface area contributed by atoms with Crippen molar-refractivity contribution in [2.24, 2.45) is 0 Å². The van der Waals surface area contributed by atoms with E-state index in [0.717, 1.165) is 6.07 Å². The maximum atomic E-state index is 12.4. The lowest BCUT2D eigenvalue weighted by atomic mass is 10.2. The second kappa shape index (κ2) is 5.50. The summed E-state index contributed by atoms with van der Waals surface area (Å²) in [5.74, 6) is -1.55. The molecule has 1 aromatic rings. The molecule has 2 rings (SSSR count). The van der Waals surface area contributed by atoms with Gasteiger partial charge in [0, 0.05) is 6.54 Å². The van der Waals surface area contributed by atoms with Gasteiger partial charge < -0.3 is 15.0 Å². The Labute approximate surface area is 125 Å². The van der Waals surface area contributed by atoms with E-state index < -0.39 is 28.1 Å². The first-order chi connectivity index (χ1) is 9.23. The number of carbonyl (C=O) groups is 1. The minimum Gasteiger partial charge on any atom is -0.548 e. The second-order valence-electron chi connectivity index (χ2n) is 4.37. The SMILES string of the molecule is O=C([O-])[C@@H]1C[C@H](O)CN1S(=O)(=O)c1ccc(Cl)c(Cl)c1. The van der Waals surface area contributed by atoms with E-state index in [4.69, 9.17) is 23.2 Å². The Bertz CT molecular complexity index is 648. The minimum absolute atomic E-state index is 0.0393. The monoisotopic (exact) mass is 338 g/mol. The van der Waals surface area contributed by atoms with Gasteiger partial charge in [-0.25, -0.2) is 8.42 Å². The van der Waals surface area contributed by atoms with Crippen molar-refractivity contribution in [2.75, 3.05) is 6.54 Å². The molecule has 1 aromatic carbocycles. The molecule has 0 aliphatic carbocycles. The van der Waals surface area contributed by atoms with Crippen LogP contribution in [-0.2, 0) is 14.8 Å². The van der Waals surface area contributed by atoms with Crippen molar-refractivity contribution in [3.63, 3.8) is 0 Å². The zero-order valence-electron chi connectivity index (χ0n) is 9.99. The summed E-state index contributed by atoms with van der Waals surface area (Å²) in [4.78, 5) is 10.8. The van der Waals surface area contributed by atoms with Gasteiger partial charge in [-0.15, -0.1) is 0 Å². The third-order valence-electron chi connectivity index (χ3n) is 3.00. The molecular weight excluding hydrogens is 329 g/mol. The molecule has 2 atom stereocenters. The van der Waals surface area contributed by atoms with E-state index >= 15 is 0 Å².